The van der Waals surface area contributed by atoms with Gasteiger partial charge in [0.25, 0.3) is 0 Å². The van der Waals surface area contributed by atoms with Crippen molar-refractivity contribution in [3.8, 4) is 0 Å². The maximum Gasteiger partial charge on any atom is 0.329 e. The van der Waals surface area contributed by atoms with Crippen molar-refractivity contribution in [1.82, 2.24) is 10.2 Å². The van der Waals surface area contributed by atoms with Gasteiger partial charge in [-0.2, -0.15) is 0 Å². The Morgan fingerprint density at radius 3 is 2.43 bits per heavy atom. The molecule has 1 unspecified atom stereocenters. The van der Waals surface area contributed by atoms with Gasteiger partial charge in [0.05, 0.1) is 0 Å². The largest absolute Gasteiger partial charge is 0.480 e. The predicted molar refractivity (Wildman–Crippen MR) is 84.2 cm³/mol. The zero-order valence-corrected chi connectivity index (χ0v) is 13.2. The van der Waals surface area contributed by atoms with Gasteiger partial charge in [0, 0.05) is 19.1 Å². The van der Waals surface area contributed by atoms with Crippen molar-refractivity contribution in [3.05, 3.63) is 35.9 Å². The molecule has 0 aromatic heterocycles. The molecule has 0 aliphatic heterocycles. The van der Waals surface area contributed by atoms with Gasteiger partial charge in [-0.15, -0.1) is 0 Å². The van der Waals surface area contributed by atoms with Crippen LogP contribution in [-0.4, -0.2) is 42.2 Å². The van der Waals surface area contributed by atoms with Gasteiger partial charge in [-0.1, -0.05) is 44.2 Å². The number of hydrogen-bond donors (Lipinski definition) is 2. The average Bonchev–Trinajstić information content (AvgIpc) is 3.28. The van der Waals surface area contributed by atoms with Gasteiger partial charge in [0.1, 0.15) is 0 Å². The van der Waals surface area contributed by atoms with Crippen molar-refractivity contribution in [2.45, 2.75) is 38.3 Å². The summed E-state index contributed by atoms with van der Waals surface area (Å²) in [6.07, 6.45) is 2.36. The Bertz CT molecular complexity index is 471. The van der Waals surface area contributed by atoms with E-state index in [1.807, 2.05) is 30.3 Å². The van der Waals surface area contributed by atoms with Crippen molar-refractivity contribution in [2.75, 3.05) is 20.1 Å². The normalized spacial score (nSPS) is 18.0. The van der Waals surface area contributed by atoms with E-state index in [4.69, 9.17) is 0 Å². The number of rotatable bonds is 8. The van der Waals surface area contributed by atoms with E-state index in [1.165, 1.54) is 12.8 Å². The molecular formula is C17H26N2O2. The third-order valence-corrected chi connectivity index (χ3v) is 4.16. The molecule has 1 aliphatic rings. The van der Waals surface area contributed by atoms with Crippen molar-refractivity contribution >= 4 is 5.97 Å². The summed E-state index contributed by atoms with van der Waals surface area (Å²) in [4.78, 5) is 14.4. The highest BCUT2D eigenvalue weighted by Crippen LogP contribution is 2.32. The van der Waals surface area contributed by atoms with Gasteiger partial charge in [0.15, 0.2) is 5.54 Å². The van der Waals surface area contributed by atoms with Crippen LogP contribution in [0.15, 0.2) is 30.3 Å². The van der Waals surface area contributed by atoms with E-state index >= 15 is 0 Å². The Hall–Kier alpha value is -1.39. The smallest absolute Gasteiger partial charge is 0.329 e. The maximum absolute atomic E-state index is 12.0. The summed E-state index contributed by atoms with van der Waals surface area (Å²) in [5, 5.41) is 12.9. The fourth-order valence-electron chi connectivity index (χ4n) is 2.89. The molecule has 0 spiro atoms. The molecule has 21 heavy (non-hydrogen) atoms. The topological polar surface area (TPSA) is 52.6 Å². The average molecular weight is 290 g/mol. The van der Waals surface area contributed by atoms with Crippen molar-refractivity contribution in [1.29, 1.82) is 0 Å². The molecule has 4 nitrogen and oxygen atoms in total. The van der Waals surface area contributed by atoms with Crippen LogP contribution in [-0.2, 0) is 10.3 Å². The lowest BCUT2D eigenvalue weighted by Gasteiger charge is -2.36. The van der Waals surface area contributed by atoms with E-state index < -0.39 is 11.5 Å². The second-order valence-electron chi connectivity index (χ2n) is 6.38. The standard InChI is InChI=1S/C17H26N2O2/c1-13(2)11-19(15-9-10-15)12-17(18-3,16(20)21)14-7-5-4-6-8-14/h4-8,13,15,18H,9-12H2,1-3H3,(H,20,21). The molecule has 1 atom stereocenters. The van der Waals surface area contributed by atoms with E-state index in [0.29, 0.717) is 18.5 Å². The number of carboxylic acid groups (broad SMARTS) is 1. The summed E-state index contributed by atoms with van der Waals surface area (Å²) in [6.45, 7) is 5.80. The van der Waals surface area contributed by atoms with Crippen molar-refractivity contribution in [3.63, 3.8) is 0 Å². The van der Waals surface area contributed by atoms with Crippen LogP contribution in [0.5, 0.6) is 0 Å². The number of benzene rings is 1. The molecule has 116 valence electrons. The van der Waals surface area contributed by atoms with Gasteiger partial charge in [-0.25, -0.2) is 4.79 Å². The van der Waals surface area contributed by atoms with Crippen LogP contribution in [0.3, 0.4) is 0 Å². The summed E-state index contributed by atoms with van der Waals surface area (Å²) in [7, 11) is 1.74. The van der Waals surface area contributed by atoms with E-state index in [1.54, 1.807) is 7.05 Å². The minimum atomic E-state index is -1.04. The fourth-order valence-corrected chi connectivity index (χ4v) is 2.89. The molecule has 0 heterocycles. The van der Waals surface area contributed by atoms with Gasteiger partial charge >= 0.3 is 5.97 Å². The Morgan fingerprint density at radius 1 is 1.38 bits per heavy atom. The van der Waals surface area contributed by atoms with Crippen molar-refractivity contribution < 1.29 is 9.90 Å². The lowest BCUT2D eigenvalue weighted by Crippen LogP contribution is -2.56. The lowest BCUT2D eigenvalue weighted by atomic mass is 9.89. The molecule has 0 saturated heterocycles. The van der Waals surface area contributed by atoms with Gasteiger partial charge in [-0.3, -0.25) is 4.90 Å². The maximum atomic E-state index is 12.0. The zero-order chi connectivity index (χ0) is 15.5. The summed E-state index contributed by atoms with van der Waals surface area (Å²) in [6, 6.07) is 10.0. The van der Waals surface area contributed by atoms with Crippen LogP contribution in [0.25, 0.3) is 0 Å². The molecular weight excluding hydrogens is 264 g/mol. The van der Waals surface area contributed by atoms with E-state index in [2.05, 4.69) is 24.1 Å². The summed E-state index contributed by atoms with van der Waals surface area (Å²) < 4.78 is 0. The minimum Gasteiger partial charge on any atom is -0.480 e. The second kappa shape index (κ2) is 6.58. The Balaban J connectivity index is 2.29. The number of carboxylic acids is 1. The summed E-state index contributed by atoms with van der Waals surface area (Å²) >= 11 is 0. The van der Waals surface area contributed by atoms with Crippen LogP contribution in [0.1, 0.15) is 32.3 Å². The fraction of sp³-hybridized carbons (Fsp3) is 0.588. The molecule has 0 amide bonds. The van der Waals surface area contributed by atoms with Crippen LogP contribution in [0.4, 0.5) is 0 Å². The zero-order valence-electron chi connectivity index (χ0n) is 13.2. The predicted octanol–water partition coefficient (Wildman–Crippen LogP) is 2.31. The molecule has 0 bridgehead atoms. The van der Waals surface area contributed by atoms with E-state index in [9.17, 15) is 9.90 Å². The molecule has 4 heteroatoms. The molecule has 1 fully saturated rings. The first kappa shape index (κ1) is 16.0. The number of likely N-dealkylation sites (N-methyl/N-ethyl adjacent to an activating group) is 1. The molecule has 1 aromatic rings. The van der Waals surface area contributed by atoms with E-state index in [0.717, 1.165) is 12.1 Å². The Morgan fingerprint density at radius 2 is 2.00 bits per heavy atom. The number of nitrogens with zero attached hydrogens (tertiary/aromatic N) is 1. The van der Waals surface area contributed by atoms with E-state index in [-0.39, 0.29) is 0 Å². The first-order valence-corrected chi connectivity index (χ1v) is 7.71. The molecule has 1 saturated carbocycles. The van der Waals surface area contributed by atoms with Crippen LogP contribution >= 0.6 is 0 Å². The monoisotopic (exact) mass is 290 g/mol. The number of nitrogens with one attached hydrogen (secondary N) is 1. The van der Waals surface area contributed by atoms with Crippen LogP contribution < -0.4 is 5.32 Å². The van der Waals surface area contributed by atoms with Gasteiger partial charge in [0.2, 0.25) is 0 Å². The number of carbonyl (C=O) groups is 1. The van der Waals surface area contributed by atoms with Gasteiger partial charge in [-0.05, 0) is 31.4 Å². The Labute approximate surface area is 127 Å². The molecule has 1 aromatic carbocycles. The molecule has 1 aliphatic carbocycles. The third kappa shape index (κ3) is 3.63. The highest BCUT2D eigenvalue weighted by Gasteiger charge is 2.43. The molecule has 0 radical (unpaired) electrons. The van der Waals surface area contributed by atoms with Gasteiger partial charge < -0.3 is 10.4 Å². The third-order valence-electron chi connectivity index (χ3n) is 4.16. The quantitative estimate of drug-likeness (QED) is 0.771. The summed E-state index contributed by atoms with van der Waals surface area (Å²) in [5.74, 6) is -0.282. The highest BCUT2D eigenvalue weighted by atomic mass is 16.4. The summed E-state index contributed by atoms with van der Waals surface area (Å²) in [5.41, 5.74) is -0.229. The van der Waals surface area contributed by atoms with Crippen LogP contribution in [0.2, 0.25) is 0 Å². The lowest BCUT2D eigenvalue weighted by molar-refractivity contribution is -0.146. The highest BCUT2D eigenvalue weighted by molar-refractivity contribution is 5.81. The number of aliphatic carboxylic acids is 1. The first-order valence-electron chi connectivity index (χ1n) is 7.71. The Kier molecular flexibility index (Phi) is 5.01. The first-order chi connectivity index (χ1) is 9.99. The molecule has 2 rings (SSSR count). The van der Waals surface area contributed by atoms with Crippen LogP contribution in [0, 0.1) is 5.92 Å². The number of hydrogen-bond acceptors (Lipinski definition) is 3. The minimum absolute atomic E-state index is 0.506. The van der Waals surface area contributed by atoms with Crippen molar-refractivity contribution in [2.24, 2.45) is 5.92 Å². The molecule has 2 N–H and O–H groups in total. The second-order valence-corrected chi connectivity index (χ2v) is 6.38. The SMILES string of the molecule is CNC(CN(CC(C)C)C1CC1)(C(=O)O)c1ccccc1.